The number of hydrogen-bond donors (Lipinski definition) is 1. The summed E-state index contributed by atoms with van der Waals surface area (Å²) in [5.41, 5.74) is 2.57. The predicted octanol–water partition coefficient (Wildman–Crippen LogP) is 4.77. The number of carbonyl (C=O) groups excluding carboxylic acids is 1. The van der Waals surface area contributed by atoms with Crippen LogP contribution >= 0.6 is 11.6 Å². The van der Waals surface area contributed by atoms with Crippen LogP contribution in [0.25, 0.3) is 0 Å². The number of amides is 1. The fourth-order valence-corrected chi connectivity index (χ4v) is 5.23. The first kappa shape index (κ1) is 25.7. The van der Waals surface area contributed by atoms with Crippen molar-refractivity contribution >= 4 is 27.5 Å². The number of benzene rings is 3. The van der Waals surface area contributed by atoms with Crippen LogP contribution in [-0.4, -0.2) is 38.8 Å². The summed E-state index contributed by atoms with van der Waals surface area (Å²) in [6.45, 7) is 3.50. The molecule has 0 bridgehead atoms. The van der Waals surface area contributed by atoms with Gasteiger partial charge in [-0.3, -0.25) is 4.79 Å². The SMILES string of the molecule is COc1ccc(S(=O)(=O)N(CCc2ccccc2)CC(=O)NC(C)c2ccc(Cl)cc2)cc1C. The molecule has 1 atom stereocenters. The molecule has 1 unspecified atom stereocenters. The Balaban J connectivity index is 1.81. The summed E-state index contributed by atoms with van der Waals surface area (Å²) < 4.78 is 33.5. The Bertz CT molecular complexity index is 1220. The van der Waals surface area contributed by atoms with Gasteiger partial charge in [-0.1, -0.05) is 54.1 Å². The van der Waals surface area contributed by atoms with Crippen molar-refractivity contribution in [2.45, 2.75) is 31.2 Å². The quantitative estimate of drug-likeness (QED) is 0.435. The van der Waals surface area contributed by atoms with Gasteiger partial charge >= 0.3 is 0 Å². The van der Waals surface area contributed by atoms with Crippen LogP contribution in [0.5, 0.6) is 5.75 Å². The molecule has 180 valence electrons. The van der Waals surface area contributed by atoms with E-state index in [9.17, 15) is 13.2 Å². The molecular formula is C26H29ClN2O4S. The molecule has 0 spiro atoms. The molecule has 0 heterocycles. The topological polar surface area (TPSA) is 75.7 Å². The Kier molecular flexibility index (Phi) is 8.72. The standard InChI is InChI=1S/C26H29ClN2O4S/c1-19-17-24(13-14-25(19)33-3)34(31,32)29(16-15-21-7-5-4-6-8-21)18-26(30)28-20(2)22-9-11-23(27)12-10-22/h4-14,17,20H,15-16,18H2,1-3H3,(H,28,30). The van der Waals surface area contributed by atoms with E-state index < -0.39 is 10.0 Å². The Hall–Kier alpha value is -2.87. The van der Waals surface area contributed by atoms with Crippen LogP contribution < -0.4 is 10.1 Å². The van der Waals surface area contributed by atoms with Crippen LogP contribution in [0.3, 0.4) is 0 Å². The third-order valence-corrected chi connectivity index (χ3v) is 7.66. The molecule has 3 aromatic carbocycles. The van der Waals surface area contributed by atoms with Gasteiger partial charge in [-0.2, -0.15) is 4.31 Å². The lowest BCUT2D eigenvalue weighted by molar-refractivity contribution is -0.121. The molecule has 0 aliphatic rings. The Morgan fingerprint density at radius 3 is 2.35 bits per heavy atom. The summed E-state index contributed by atoms with van der Waals surface area (Å²) in [5.74, 6) is 0.216. The Labute approximate surface area is 206 Å². The second-order valence-corrected chi connectivity index (χ2v) is 10.4. The van der Waals surface area contributed by atoms with E-state index in [0.29, 0.717) is 22.8 Å². The minimum absolute atomic E-state index is 0.123. The second-order valence-electron chi connectivity index (χ2n) is 8.05. The van der Waals surface area contributed by atoms with Gasteiger partial charge in [0.25, 0.3) is 0 Å². The minimum atomic E-state index is -3.92. The number of sulfonamides is 1. The van der Waals surface area contributed by atoms with Gasteiger partial charge in [-0.15, -0.1) is 0 Å². The van der Waals surface area contributed by atoms with Crippen LogP contribution in [0.4, 0.5) is 0 Å². The molecule has 0 aliphatic carbocycles. The van der Waals surface area contributed by atoms with Gasteiger partial charge in [-0.25, -0.2) is 8.42 Å². The van der Waals surface area contributed by atoms with Crippen molar-refractivity contribution in [2.75, 3.05) is 20.2 Å². The average Bonchev–Trinajstić information content (AvgIpc) is 2.82. The number of nitrogens with zero attached hydrogens (tertiary/aromatic N) is 1. The lowest BCUT2D eigenvalue weighted by Gasteiger charge is -2.23. The highest BCUT2D eigenvalue weighted by atomic mass is 35.5. The van der Waals surface area contributed by atoms with E-state index in [1.165, 1.54) is 17.5 Å². The Morgan fingerprint density at radius 1 is 1.06 bits per heavy atom. The van der Waals surface area contributed by atoms with Crippen LogP contribution in [0.15, 0.2) is 77.7 Å². The van der Waals surface area contributed by atoms with E-state index in [2.05, 4.69) is 5.32 Å². The number of halogens is 1. The number of hydrogen-bond acceptors (Lipinski definition) is 4. The normalized spacial score (nSPS) is 12.4. The van der Waals surface area contributed by atoms with Crippen LogP contribution in [-0.2, 0) is 21.2 Å². The van der Waals surface area contributed by atoms with E-state index in [1.807, 2.05) is 49.4 Å². The number of rotatable bonds is 10. The molecular weight excluding hydrogens is 472 g/mol. The Morgan fingerprint density at radius 2 is 1.74 bits per heavy atom. The fourth-order valence-electron chi connectivity index (χ4n) is 3.63. The van der Waals surface area contributed by atoms with Gasteiger partial charge in [0, 0.05) is 11.6 Å². The first-order chi connectivity index (χ1) is 16.2. The van der Waals surface area contributed by atoms with Crippen LogP contribution in [0, 0.1) is 6.92 Å². The maximum atomic E-state index is 13.5. The van der Waals surface area contributed by atoms with Crippen molar-refractivity contribution < 1.29 is 17.9 Å². The van der Waals surface area contributed by atoms with Gasteiger partial charge in [0.1, 0.15) is 5.75 Å². The number of aryl methyl sites for hydroxylation is 1. The molecule has 0 fully saturated rings. The summed E-state index contributed by atoms with van der Waals surface area (Å²) >= 11 is 5.95. The third-order valence-electron chi connectivity index (χ3n) is 5.56. The van der Waals surface area contributed by atoms with E-state index in [4.69, 9.17) is 16.3 Å². The van der Waals surface area contributed by atoms with Crippen molar-refractivity contribution in [3.05, 3.63) is 94.5 Å². The minimum Gasteiger partial charge on any atom is -0.496 e. The summed E-state index contributed by atoms with van der Waals surface area (Å²) in [4.78, 5) is 13.0. The van der Waals surface area contributed by atoms with Gasteiger partial charge in [0.05, 0.1) is 24.6 Å². The molecule has 0 aliphatic heterocycles. The maximum absolute atomic E-state index is 13.5. The number of carbonyl (C=O) groups is 1. The van der Waals surface area contributed by atoms with Crippen molar-refractivity contribution in [3.8, 4) is 5.75 Å². The second kappa shape index (κ2) is 11.5. The third kappa shape index (κ3) is 6.59. The lowest BCUT2D eigenvalue weighted by atomic mass is 10.1. The predicted molar refractivity (Wildman–Crippen MR) is 135 cm³/mol. The molecule has 6 nitrogen and oxygen atoms in total. The summed E-state index contributed by atoms with van der Waals surface area (Å²) in [6, 6.07) is 21.1. The zero-order chi connectivity index (χ0) is 24.7. The zero-order valence-corrected chi connectivity index (χ0v) is 21.1. The number of nitrogens with one attached hydrogen (secondary N) is 1. The van der Waals surface area contributed by atoms with Gasteiger partial charge < -0.3 is 10.1 Å². The number of methoxy groups -OCH3 is 1. The molecule has 3 aromatic rings. The molecule has 34 heavy (non-hydrogen) atoms. The first-order valence-corrected chi connectivity index (χ1v) is 12.8. The van der Waals surface area contributed by atoms with E-state index in [-0.39, 0.29) is 29.9 Å². The smallest absolute Gasteiger partial charge is 0.243 e. The summed E-state index contributed by atoms with van der Waals surface area (Å²) in [7, 11) is -2.38. The molecule has 0 aromatic heterocycles. The largest absolute Gasteiger partial charge is 0.496 e. The highest BCUT2D eigenvalue weighted by Gasteiger charge is 2.27. The van der Waals surface area contributed by atoms with E-state index in [1.54, 1.807) is 31.2 Å². The lowest BCUT2D eigenvalue weighted by Crippen LogP contribution is -2.42. The van der Waals surface area contributed by atoms with Crippen LogP contribution in [0.2, 0.25) is 5.02 Å². The van der Waals surface area contributed by atoms with Crippen molar-refractivity contribution in [1.29, 1.82) is 0 Å². The van der Waals surface area contributed by atoms with Gasteiger partial charge in [0.2, 0.25) is 15.9 Å². The van der Waals surface area contributed by atoms with Gasteiger partial charge in [-0.05, 0) is 67.3 Å². The summed E-state index contributed by atoms with van der Waals surface area (Å²) in [5, 5.41) is 3.50. The van der Waals surface area contributed by atoms with E-state index >= 15 is 0 Å². The van der Waals surface area contributed by atoms with Crippen molar-refractivity contribution in [3.63, 3.8) is 0 Å². The fraction of sp³-hybridized carbons (Fsp3) is 0.269. The number of ether oxygens (including phenoxy) is 1. The highest BCUT2D eigenvalue weighted by molar-refractivity contribution is 7.89. The zero-order valence-electron chi connectivity index (χ0n) is 19.5. The van der Waals surface area contributed by atoms with Gasteiger partial charge in [0.15, 0.2) is 0 Å². The van der Waals surface area contributed by atoms with Crippen LogP contribution in [0.1, 0.15) is 29.7 Å². The molecule has 1 amide bonds. The molecule has 3 rings (SSSR count). The maximum Gasteiger partial charge on any atom is 0.243 e. The molecule has 0 saturated carbocycles. The van der Waals surface area contributed by atoms with E-state index in [0.717, 1.165) is 11.1 Å². The monoisotopic (exact) mass is 500 g/mol. The molecule has 8 heteroatoms. The van der Waals surface area contributed by atoms with Crippen molar-refractivity contribution in [1.82, 2.24) is 9.62 Å². The summed E-state index contributed by atoms with van der Waals surface area (Å²) in [6.07, 6.45) is 0.481. The molecule has 0 radical (unpaired) electrons. The first-order valence-electron chi connectivity index (χ1n) is 10.9. The van der Waals surface area contributed by atoms with Crippen molar-refractivity contribution in [2.24, 2.45) is 0 Å². The average molecular weight is 501 g/mol. The molecule has 1 N–H and O–H groups in total. The highest BCUT2D eigenvalue weighted by Crippen LogP contribution is 2.24. The molecule has 0 saturated heterocycles.